The van der Waals surface area contributed by atoms with Crippen LogP contribution in [0.15, 0.2) is 30.3 Å². The van der Waals surface area contributed by atoms with Gasteiger partial charge in [0.15, 0.2) is 0 Å². The summed E-state index contributed by atoms with van der Waals surface area (Å²) in [4.78, 5) is 0. The monoisotopic (exact) mass is 204 g/mol. The number of hydrogen-bond acceptors (Lipinski definition) is 1. The maximum atomic E-state index is 10.4. The molecule has 2 rings (SSSR count). The predicted molar refractivity (Wildman–Crippen MR) is 62.8 cm³/mol. The second-order valence-corrected chi connectivity index (χ2v) is 4.67. The van der Waals surface area contributed by atoms with Crippen molar-refractivity contribution in [2.75, 3.05) is 0 Å². The smallest absolute Gasteiger partial charge is 0.0676 e. The van der Waals surface area contributed by atoms with Crippen molar-refractivity contribution in [1.29, 1.82) is 0 Å². The third-order valence-electron chi connectivity index (χ3n) is 3.93. The van der Waals surface area contributed by atoms with E-state index in [9.17, 15) is 5.11 Å². The average molecular weight is 204 g/mol. The number of aliphatic hydroxyl groups is 1. The minimum Gasteiger partial charge on any atom is -0.390 e. The first-order chi connectivity index (χ1) is 7.21. The van der Waals surface area contributed by atoms with E-state index in [1.54, 1.807) is 0 Å². The Kier molecular flexibility index (Phi) is 2.83. The molecule has 0 aliphatic heterocycles. The van der Waals surface area contributed by atoms with Gasteiger partial charge in [0.25, 0.3) is 0 Å². The van der Waals surface area contributed by atoms with Gasteiger partial charge < -0.3 is 5.11 Å². The van der Waals surface area contributed by atoms with E-state index in [2.05, 4.69) is 38.1 Å². The van der Waals surface area contributed by atoms with Gasteiger partial charge in [0.05, 0.1) is 5.60 Å². The lowest BCUT2D eigenvalue weighted by Gasteiger charge is -2.25. The Bertz CT molecular complexity index is 313. The summed E-state index contributed by atoms with van der Waals surface area (Å²) in [6.45, 7) is 4.17. The fraction of sp³-hybridized carbons (Fsp3) is 0.571. The van der Waals surface area contributed by atoms with Crippen molar-refractivity contribution < 1.29 is 5.11 Å². The van der Waals surface area contributed by atoms with Crippen molar-refractivity contribution in [1.82, 2.24) is 0 Å². The molecule has 0 saturated heterocycles. The lowest BCUT2D eigenvalue weighted by Crippen LogP contribution is -2.29. The average Bonchev–Trinajstić information content (AvgIpc) is 3.10. The SMILES string of the molecule is CCC(O)(CC)C1CC1c1ccccc1. The third-order valence-corrected chi connectivity index (χ3v) is 3.93. The van der Waals surface area contributed by atoms with E-state index in [0.717, 1.165) is 19.3 Å². The van der Waals surface area contributed by atoms with Gasteiger partial charge in [0.2, 0.25) is 0 Å². The summed E-state index contributed by atoms with van der Waals surface area (Å²) in [6.07, 6.45) is 2.90. The van der Waals surface area contributed by atoms with Crippen molar-refractivity contribution in [3.63, 3.8) is 0 Å². The van der Waals surface area contributed by atoms with Crippen molar-refractivity contribution >= 4 is 0 Å². The maximum absolute atomic E-state index is 10.4. The summed E-state index contributed by atoms with van der Waals surface area (Å²) >= 11 is 0. The first-order valence-corrected chi connectivity index (χ1v) is 5.98. The van der Waals surface area contributed by atoms with Crippen LogP contribution in [0.25, 0.3) is 0 Å². The van der Waals surface area contributed by atoms with Crippen LogP contribution < -0.4 is 0 Å². The molecule has 2 atom stereocenters. The van der Waals surface area contributed by atoms with Crippen molar-refractivity contribution in [2.45, 2.75) is 44.6 Å². The van der Waals surface area contributed by atoms with Gasteiger partial charge in [-0.1, -0.05) is 44.2 Å². The van der Waals surface area contributed by atoms with E-state index in [4.69, 9.17) is 0 Å². The Morgan fingerprint density at radius 2 is 1.80 bits per heavy atom. The quantitative estimate of drug-likeness (QED) is 0.797. The summed E-state index contributed by atoms with van der Waals surface area (Å²) in [7, 11) is 0. The van der Waals surface area contributed by atoms with Crippen LogP contribution >= 0.6 is 0 Å². The highest BCUT2D eigenvalue weighted by Crippen LogP contribution is 2.55. The molecule has 1 heteroatoms. The molecule has 0 heterocycles. The highest BCUT2D eigenvalue weighted by Gasteiger charge is 2.50. The van der Waals surface area contributed by atoms with Crippen LogP contribution in [0.2, 0.25) is 0 Å². The Balaban J connectivity index is 2.08. The zero-order valence-electron chi connectivity index (χ0n) is 9.61. The van der Waals surface area contributed by atoms with Gasteiger partial charge >= 0.3 is 0 Å². The van der Waals surface area contributed by atoms with Crippen LogP contribution in [-0.2, 0) is 0 Å². The molecule has 0 amide bonds. The molecule has 1 fully saturated rings. The molecule has 1 aliphatic rings. The predicted octanol–water partition coefficient (Wildman–Crippen LogP) is 3.34. The second kappa shape index (κ2) is 3.97. The fourth-order valence-electron chi connectivity index (χ4n) is 2.63. The van der Waals surface area contributed by atoms with Gasteiger partial charge in [-0.25, -0.2) is 0 Å². The van der Waals surface area contributed by atoms with Gasteiger partial charge in [-0.2, -0.15) is 0 Å². The van der Waals surface area contributed by atoms with Crippen LogP contribution in [0, 0.1) is 5.92 Å². The lowest BCUT2D eigenvalue weighted by atomic mass is 9.89. The summed E-state index contributed by atoms with van der Waals surface area (Å²) < 4.78 is 0. The van der Waals surface area contributed by atoms with E-state index >= 15 is 0 Å². The van der Waals surface area contributed by atoms with Crippen LogP contribution in [0.5, 0.6) is 0 Å². The second-order valence-electron chi connectivity index (χ2n) is 4.67. The molecule has 1 nitrogen and oxygen atoms in total. The molecule has 1 saturated carbocycles. The van der Waals surface area contributed by atoms with Crippen molar-refractivity contribution in [2.24, 2.45) is 5.92 Å². The molecule has 0 aromatic heterocycles. The number of hydrogen-bond donors (Lipinski definition) is 1. The molecule has 0 spiro atoms. The van der Waals surface area contributed by atoms with Crippen LogP contribution in [0.3, 0.4) is 0 Å². The van der Waals surface area contributed by atoms with E-state index in [1.807, 2.05) is 6.07 Å². The van der Waals surface area contributed by atoms with E-state index in [1.165, 1.54) is 5.56 Å². The molecular weight excluding hydrogens is 184 g/mol. The molecule has 15 heavy (non-hydrogen) atoms. The largest absolute Gasteiger partial charge is 0.390 e. The minimum atomic E-state index is -0.430. The van der Waals surface area contributed by atoms with Gasteiger partial charge in [0, 0.05) is 0 Å². The summed E-state index contributed by atoms with van der Waals surface area (Å²) in [5, 5.41) is 10.4. The minimum absolute atomic E-state index is 0.430. The van der Waals surface area contributed by atoms with Gasteiger partial charge in [-0.3, -0.25) is 0 Å². The maximum Gasteiger partial charge on any atom is 0.0676 e. The van der Waals surface area contributed by atoms with E-state index in [-0.39, 0.29) is 0 Å². The molecule has 0 bridgehead atoms. The summed E-state index contributed by atoms with van der Waals surface area (Å²) in [5.41, 5.74) is 0.961. The van der Waals surface area contributed by atoms with Gasteiger partial charge in [-0.05, 0) is 36.7 Å². The number of benzene rings is 1. The standard InChI is InChI=1S/C14H20O/c1-3-14(15,4-2)13-10-12(13)11-8-6-5-7-9-11/h5-9,12-13,15H,3-4,10H2,1-2H3. The van der Waals surface area contributed by atoms with Gasteiger partial charge in [-0.15, -0.1) is 0 Å². The Hall–Kier alpha value is -0.820. The number of rotatable bonds is 4. The highest BCUT2D eigenvalue weighted by atomic mass is 16.3. The fourth-order valence-corrected chi connectivity index (χ4v) is 2.63. The highest BCUT2D eigenvalue weighted by molar-refractivity contribution is 5.27. The van der Waals surface area contributed by atoms with E-state index < -0.39 is 5.60 Å². The Morgan fingerprint density at radius 3 is 2.33 bits per heavy atom. The third kappa shape index (κ3) is 1.93. The molecule has 1 aromatic rings. The van der Waals surface area contributed by atoms with Crippen molar-refractivity contribution in [3.05, 3.63) is 35.9 Å². The molecule has 1 aliphatic carbocycles. The van der Waals surface area contributed by atoms with Crippen molar-refractivity contribution in [3.8, 4) is 0 Å². The first kappa shape index (κ1) is 10.7. The van der Waals surface area contributed by atoms with Crippen LogP contribution in [0.4, 0.5) is 0 Å². The molecule has 0 radical (unpaired) electrons. The van der Waals surface area contributed by atoms with Gasteiger partial charge in [0.1, 0.15) is 0 Å². The Labute approximate surface area is 92.1 Å². The van der Waals surface area contributed by atoms with Crippen LogP contribution in [0.1, 0.15) is 44.6 Å². The molecular formula is C14H20O. The van der Waals surface area contributed by atoms with Crippen LogP contribution in [-0.4, -0.2) is 10.7 Å². The summed E-state index contributed by atoms with van der Waals surface area (Å²) in [6, 6.07) is 10.6. The molecule has 1 aromatic carbocycles. The topological polar surface area (TPSA) is 20.2 Å². The first-order valence-electron chi connectivity index (χ1n) is 5.98. The zero-order chi connectivity index (χ0) is 10.9. The molecule has 2 unspecified atom stereocenters. The zero-order valence-corrected chi connectivity index (χ0v) is 9.61. The van der Waals surface area contributed by atoms with E-state index in [0.29, 0.717) is 11.8 Å². The lowest BCUT2D eigenvalue weighted by molar-refractivity contribution is 0.00787. The normalized spacial score (nSPS) is 25.3. The summed E-state index contributed by atoms with van der Waals surface area (Å²) in [5.74, 6) is 1.07. The Morgan fingerprint density at radius 1 is 1.20 bits per heavy atom. The molecule has 82 valence electrons. The molecule has 1 N–H and O–H groups in total.